The first-order chi connectivity index (χ1) is 11.7. The minimum Gasteiger partial charge on any atom is -0.483 e. The lowest BCUT2D eigenvalue weighted by Crippen LogP contribution is -2.28. The highest BCUT2D eigenvalue weighted by atomic mass is 16.5. The number of rotatable bonds is 6. The summed E-state index contributed by atoms with van der Waals surface area (Å²) in [5.74, 6) is -0.114. The Morgan fingerprint density at radius 1 is 1.20 bits per heavy atom. The van der Waals surface area contributed by atoms with Gasteiger partial charge in [-0.25, -0.2) is 4.79 Å². The van der Waals surface area contributed by atoms with Gasteiger partial charge >= 0.3 is 5.97 Å². The molecule has 0 bridgehead atoms. The number of hydrogen-bond acceptors (Lipinski definition) is 2. The number of benzene rings is 1. The predicted octanol–water partition coefficient (Wildman–Crippen LogP) is 5.80. The molecule has 0 fully saturated rings. The maximum absolute atomic E-state index is 11.4. The summed E-state index contributed by atoms with van der Waals surface area (Å²) in [7, 11) is 0. The second kappa shape index (κ2) is 7.73. The van der Waals surface area contributed by atoms with Crippen LogP contribution in [0.25, 0.3) is 6.08 Å². The Morgan fingerprint density at radius 2 is 1.92 bits per heavy atom. The van der Waals surface area contributed by atoms with Crippen LogP contribution in [0.5, 0.6) is 5.75 Å². The molecule has 0 saturated heterocycles. The quantitative estimate of drug-likeness (QED) is 0.665. The normalized spacial score (nSPS) is 15.3. The maximum Gasteiger partial charge on any atom is 0.335 e. The van der Waals surface area contributed by atoms with Crippen molar-refractivity contribution in [1.82, 2.24) is 0 Å². The minimum absolute atomic E-state index is 0.303. The summed E-state index contributed by atoms with van der Waals surface area (Å²) >= 11 is 0. The Labute approximate surface area is 150 Å². The monoisotopic (exact) mass is 340 g/mol. The van der Waals surface area contributed by atoms with Gasteiger partial charge in [0.1, 0.15) is 11.4 Å². The first-order valence-electron chi connectivity index (χ1n) is 8.75. The van der Waals surface area contributed by atoms with E-state index in [9.17, 15) is 9.90 Å². The molecule has 0 saturated carbocycles. The first kappa shape index (κ1) is 19.0. The number of allylic oxidation sites excluding steroid dienone is 4. The van der Waals surface area contributed by atoms with E-state index in [1.54, 1.807) is 12.1 Å². The number of hydrogen-bond donors (Lipinski definition) is 1. The van der Waals surface area contributed by atoms with E-state index in [1.807, 2.05) is 26.0 Å². The molecule has 0 atom stereocenters. The highest BCUT2D eigenvalue weighted by molar-refractivity contribution is 5.89. The minimum atomic E-state index is -0.911. The Balaban J connectivity index is 2.27. The molecule has 134 valence electrons. The fourth-order valence-corrected chi connectivity index (χ4v) is 2.80. The van der Waals surface area contributed by atoms with Crippen LogP contribution in [0.15, 0.2) is 41.5 Å². The molecule has 25 heavy (non-hydrogen) atoms. The first-order valence-corrected chi connectivity index (χ1v) is 8.75. The largest absolute Gasteiger partial charge is 0.483 e. The van der Waals surface area contributed by atoms with Crippen molar-refractivity contribution in [1.29, 1.82) is 0 Å². The molecule has 1 N–H and O–H groups in total. The van der Waals surface area contributed by atoms with E-state index in [0.29, 0.717) is 12.0 Å². The zero-order valence-corrected chi connectivity index (χ0v) is 15.8. The molecule has 0 spiro atoms. The maximum atomic E-state index is 11.4. The number of carboxylic acids is 1. The highest BCUT2D eigenvalue weighted by Crippen LogP contribution is 2.35. The average molecular weight is 340 g/mol. The van der Waals surface area contributed by atoms with Crippen molar-refractivity contribution in [3.63, 3.8) is 0 Å². The molecular weight excluding hydrogens is 312 g/mol. The van der Waals surface area contributed by atoms with Gasteiger partial charge in [0, 0.05) is 5.56 Å². The van der Waals surface area contributed by atoms with Gasteiger partial charge in [-0.1, -0.05) is 29.4 Å². The van der Waals surface area contributed by atoms with Crippen LogP contribution in [-0.2, 0) is 6.42 Å². The third-order valence-electron chi connectivity index (χ3n) is 4.23. The van der Waals surface area contributed by atoms with Crippen LogP contribution in [0.4, 0.5) is 0 Å². The van der Waals surface area contributed by atoms with E-state index < -0.39 is 5.97 Å². The molecule has 0 aliphatic carbocycles. The van der Waals surface area contributed by atoms with E-state index in [1.165, 1.54) is 11.1 Å². The second-order valence-electron chi connectivity index (χ2n) is 7.47. The van der Waals surface area contributed by atoms with Crippen molar-refractivity contribution in [3.8, 4) is 5.75 Å². The van der Waals surface area contributed by atoms with Gasteiger partial charge in [0.15, 0.2) is 0 Å². The van der Waals surface area contributed by atoms with Gasteiger partial charge in [0.2, 0.25) is 0 Å². The van der Waals surface area contributed by atoms with E-state index in [0.717, 1.165) is 29.7 Å². The SMILES string of the molecule is CC(C)=CCCC(C)=CCc1cc(C(=O)O)cc2c1OC(C)(C)C=C2. The third kappa shape index (κ3) is 5.35. The number of fused-ring (bicyclic) bond motifs is 1. The lowest BCUT2D eigenvalue weighted by Gasteiger charge is -2.29. The van der Waals surface area contributed by atoms with Crippen LogP contribution < -0.4 is 4.74 Å². The molecule has 3 heteroatoms. The molecule has 0 aromatic heterocycles. The summed E-state index contributed by atoms with van der Waals surface area (Å²) in [5.41, 5.74) is 4.32. The van der Waals surface area contributed by atoms with Crippen molar-refractivity contribution >= 4 is 12.0 Å². The van der Waals surface area contributed by atoms with Crippen molar-refractivity contribution in [2.24, 2.45) is 0 Å². The molecule has 0 amide bonds. The molecule has 0 unspecified atom stereocenters. The summed E-state index contributed by atoms with van der Waals surface area (Å²) in [6.45, 7) is 10.3. The summed E-state index contributed by atoms with van der Waals surface area (Å²) in [4.78, 5) is 11.4. The van der Waals surface area contributed by atoms with Gasteiger partial charge in [-0.2, -0.15) is 0 Å². The van der Waals surface area contributed by atoms with Crippen molar-refractivity contribution in [3.05, 3.63) is 58.2 Å². The fourth-order valence-electron chi connectivity index (χ4n) is 2.80. The molecule has 2 rings (SSSR count). The second-order valence-corrected chi connectivity index (χ2v) is 7.47. The topological polar surface area (TPSA) is 46.5 Å². The summed E-state index contributed by atoms with van der Waals surface area (Å²) in [5, 5.41) is 9.37. The summed E-state index contributed by atoms with van der Waals surface area (Å²) in [6, 6.07) is 3.41. The molecule has 3 nitrogen and oxygen atoms in total. The third-order valence-corrected chi connectivity index (χ3v) is 4.23. The lowest BCUT2D eigenvalue weighted by molar-refractivity contribution is 0.0696. The smallest absolute Gasteiger partial charge is 0.335 e. The van der Waals surface area contributed by atoms with Crippen LogP contribution in [0.1, 0.15) is 68.9 Å². The molecule has 1 heterocycles. The van der Waals surface area contributed by atoms with Crippen LogP contribution in [0, 0.1) is 0 Å². The van der Waals surface area contributed by atoms with Gasteiger partial charge in [-0.15, -0.1) is 0 Å². The number of ether oxygens (including phenoxy) is 1. The van der Waals surface area contributed by atoms with Crippen molar-refractivity contribution < 1.29 is 14.6 Å². The van der Waals surface area contributed by atoms with Gasteiger partial charge in [-0.3, -0.25) is 0 Å². The average Bonchev–Trinajstić information content (AvgIpc) is 2.51. The van der Waals surface area contributed by atoms with Gasteiger partial charge in [0.05, 0.1) is 5.56 Å². The van der Waals surface area contributed by atoms with E-state index in [2.05, 4.69) is 32.9 Å². The predicted molar refractivity (Wildman–Crippen MR) is 103 cm³/mol. The molecular formula is C22H28O3. The van der Waals surface area contributed by atoms with Crippen LogP contribution >= 0.6 is 0 Å². The van der Waals surface area contributed by atoms with Gasteiger partial charge in [-0.05, 0) is 77.7 Å². The molecule has 0 radical (unpaired) electrons. The Morgan fingerprint density at radius 3 is 2.56 bits per heavy atom. The van der Waals surface area contributed by atoms with E-state index >= 15 is 0 Å². The highest BCUT2D eigenvalue weighted by Gasteiger charge is 2.25. The zero-order chi connectivity index (χ0) is 18.6. The van der Waals surface area contributed by atoms with Crippen molar-refractivity contribution in [2.45, 2.75) is 59.5 Å². The molecule has 1 aliphatic heterocycles. The number of carboxylic acid groups (broad SMARTS) is 1. The van der Waals surface area contributed by atoms with E-state index in [4.69, 9.17) is 4.74 Å². The fraction of sp³-hybridized carbons (Fsp3) is 0.409. The molecule has 1 aliphatic rings. The Kier molecular flexibility index (Phi) is 5.89. The van der Waals surface area contributed by atoms with Gasteiger partial charge in [0.25, 0.3) is 0 Å². The Hall–Kier alpha value is -2.29. The van der Waals surface area contributed by atoms with Crippen LogP contribution in [-0.4, -0.2) is 16.7 Å². The zero-order valence-electron chi connectivity index (χ0n) is 15.8. The van der Waals surface area contributed by atoms with Crippen LogP contribution in [0.3, 0.4) is 0 Å². The van der Waals surface area contributed by atoms with Crippen molar-refractivity contribution in [2.75, 3.05) is 0 Å². The summed E-state index contributed by atoms with van der Waals surface area (Å²) in [6.07, 6.45) is 11.1. The van der Waals surface area contributed by atoms with Crippen LogP contribution in [0.2, 0.25) is 0 Å². The number of aromatic carboxylic acids is 1. The lowest BCUT2D eigenvalue weighted by atomic mass is 9.95. The Bertz CT molecular complexity index is 745. The summed E-state index contributed by atoms with van der Waals surface area (Å²) < 4.78 is 6.11. The van der Waals surface area contributed by atoms with E-state index in [-0.39, 0.29) is 5.60 Å². The number of carbonyl (C=O) groups is 1. The van der Waals surface area contributed by atoms with Gasteiger partial charge < -0.3 is 9.84 Å². The molecule has 1 aromatic rings. The molecule has 1 aromatic carbocycles. The standard InChI is InChI=1S/C22H28O3/c1-15(2)7-6-8-16(3)9-10-17-13-19(21(23)24)14-18-11-12-22(4,5)25-20(17)18/h7,9,11-14H,6,8,10H2,1-5H3,(H,23,24).